The second-order valence-corrected chi connectivity index (χ2v) is 10.8. The Morgan fingerprint density at radius 2 is 1.82 bits per heavy atom. The molecule has 1 saturated heterocycles. The molecule has 0 unspecified atom stereocenters. The van der Waals surface area contributed by atoms with E-state index in [4.69, 9.17) is 34.8 Å². The molecule has 1 aliphatic carbocycles. The number of fused-ring (bicyclic) bond motifs is 1. The molecule has 0 aromatic heterocycles. The van der Waals surface area contributed by atoms with Gasteiger partial charge in [0.15, 0.2) is 0 Å². The Balaban J connectivity index is 0.00000204. The van der Waals surface area contributed by atoms with E-state index in [1.807, 2.05) is 24.3 Å². The monoisotopic (exact) mass is 744 g/mol. The van der Waals surface area contributed by atoms with E-state index in [0.29, 0.717) is 22.4 Å². The molecule has 7 heteroatoms. The maximum Gasteiger partial charge on any atom is 2.00 e. The smallest absolute Gasteiger partial charge is 0.468 e. The van der Waals surface area contributed by atoms with Crippen molar-refractivity contribution in [3.05, 3.63) is 82.6 Å². The summed E-state index contributed by atoms with van der Waals surface area (Å²) < 4.78 is 0. The van der Waals surface area contributed by atoms with E-state index in [2.05, 4.69) is 49.2 Å². The Morgan fingerprint density at radius 1 is 1.15 bits per heavy atom. The molecule has 4 atom stereocenters. The topological polar surface area (TPSA) is 41.1 Å². The average Bonchev–Trinajstić information content (AvgIpc) is 3.16. The minimum Gasteiger partial charge on any atom is -0.468 e. The third-order valence-corrected chi connectivity index (χ3v) is 7.85. The zero-order valence-corrected chi connectivity index (χ0v) is 26.4. The molecule has 1 saturated carbocycles. The van der Waals surface area contributed by atoms with Crippen LogP contribution in [-0.4, -0.2) is 18.0 Å². The van der Waals surface area contributed by atoms with E-state index in [1.165, 1.54) is 5.56 Å². The third kappa shape index (κ3) is 6.56. The van der Waals surface area contributed by atoms with Crippen LogP contribution in [0.2, 0.25) is 15.1 Å². The summed E-state index contributed by atoms with van der Waals surface area (Å²) in [5, 5.41) is 8.94. The van der Waals surface area contributed by atoms with Crippen molar-refractivity contribution in [2.75, 3.05) is 6.54 Å². The van der Waals surface area contributed by atoms with Crippen LogP contribution >= 0.6 is 34.8 Å². The summed E-state index contributed by atoms with van der Waals surface area (Å²) in [4.78, 5) is 12.9. The van der Waals surface area contributed by atoms with Gasteiger partial charge in [0.25, 0.3) is 0 Å². The maximum atomic E-state index is 12.9. The molecular weight excluding hydrogens is 713 g/mol. The number of hydrogen-bond acceptors (Lipinski definition) is 2. The van der Waals surface area contributed by atoms with Gasteiger partial charge in [0.05, 0.1) is 0 Å². The van der Waals surface area contributed by atoms with Gasteiger partial charge in [-0.3, -0.25) is 4.79 Å². The molecule has 0 spiro atoms. The SMILES string of the molecule is CC(C)CCC(=O)N[C@]12[CH-]NC[C@H]1[C@@H](c1ccc(Cl)cc1)[C@H](c1ccc(Cl)cc1Cl)CC2.[CH3-].[U+2]. The van der Waals surface area contributed by atoms with Crippen LogP contribution in [0, 0.1) is 56.9 Å². The van der Waals surface area contributed by atoms with E-state index in [-0.39, 0.29) is 67.7 Å². The second-order valence-electron chi connectivity index (χ2n) is 9.57. The summed E-state index contributed by atoms with van der Waals surface area (Å²) in [5.41, 5.74) is 1.96. The fraction of sp³-hybridized carbons (Fsp3) is 0.444. The van der Waals surface area contributed by atoms with Crippen molar-refractivity contribution in [3.8, 4) is 0 Å². The Morgan fingerprint density at radius 3 is 2.47 bits per heavy atom. The van der Waals surface area contributed by atoms with Gasteiger partial charge in [-0.1, -0.05) is 78.8 Å². The van der Waals surface area contributed by atoms with E-state index >= 15 is 0 Å². The predicted molar refractivity (Wildman–Crippen MR) is 140 cm³/mol. The molecule has 2 fully saturated rings. The van der Waals surface area contributed by atoms with Gasteiger partial charge in [0.2, 0.25) is 5.91 Å². The first-order valence-electron chi connectivity index (χ1n) is 11.4. The van der Waals surface area contributed by atoms with Crippen LogP contribution in [0.4, 0.5) is 0 Å². The molecule has 0 bridgehead atoms. The predicted octanol–water partition coefficient (Wildman–Crippen LogP) is 7.43. The van der Waals surface area contributed by atoms with Gasteiger partial charge in [-0.2, -0.15) is 0 Å². The van der Waals surface area contributed by atoms with Gasteiger partial charge in [-0.05, 0) is 78.5 Å². The van der Waals surface area contributed by atoms with Crippen LogP contribution < -0.4 is 10.6 Å². The molecule has 4 rings (SSSR count). The van der Waals surface area contributed by atoms with Crippen LogP contribution in [0.1, 0.15) is 62.5 Å². The third-order valence-electron chi connectivity index (χ3n) is 7.03. The summed E-state index contributed by atoms with van der Waals surface area (Å²) in [6, 6.07) is 13.9. The van der Waals surface area contributed by atoms with Gasteiger partial charge < -0.3 is 18.1 Å². The van der Waals surface area contributed by atoms with E-state index in [9.17, 15) is 4.79 Å². The number of hydrogen-bond donors (Lipinski definition) is 2. The standard InChI is InChI=1S/C26H30Cl3N2O.CH3.U/c1-16(2)3-10-24(32)31-26-12-11-21(20-9-8-19(28)13-23(20)29)25(22(26)14-30-15-26)17-4-6-18(27)7-5-17;;/h4-9,13,15-16,21-22,25,30H,3,10-12,14H2,1-2H3,(H,31,32);1H3;/q2*-1;+2/t21-,22-,25-,26+;;/m0../s1. The number of nitrogens with one attached hydrogen (secondary N) is 2. The van der Waals surface area contributed by atoms with Crippen LogP contribution in [-0.2, 0) is 4.79 Å². The number of benzene rings is 2. The first kappa shape index (κ1) is 30.0. The summed E-state index contributed by atoms with van der Waals surface area (Å²) >= 11 is 19.1. The average molecular weight is 746 g/mol. The Kier molecular flexibility index (Phi) is 11.3. The fourth-order valence-electron chi connectivity index (χ4n) is 5.45. The van der Waals surface area contributed by atoms with E-state index in [0.717, 1.165) is 36.4 Å². The maximum absolute atomic E-state index is 12.9. The van der Waals surface area contributed by atoms with Crippen molar-refractivity contribution < 1.29 is 35.9 Å². The zero-order valence-electron chi connectivity index (χ0n) is 20.0. The summed E-state index contributed by atoms with van der Waals surface area (Å²) in [7, 11) is 0. The van der Waals surface area contributed by atoms with Crippen molar-refractivity contribution in [3.63, 3.8) is 0 Å². The van der Waals surface area contributed by atoms with Crippen molar-refractivity contribution in [1.82, 2.24) is 10.6 Å². The van der Waals surface area contributed by atoms with Gasteiger partial charge >= 0.3 is 31.1 Å². The van der Waals surface area contributed by atoms with Gasteiger partial charge in [-0.15, -0.1) is 0 Å². The first-order chi connectivity index (χ1) is 15.3. The van der Waals surface area contributed by atoms with Crippen molar-refractivity contribution in [2.24, 2.45) is 11.8 Å². The summed E-state index contributed by atoms with van der Waals surface area (Å²) in [6.07, 6.45) is 3.22. The molecule has 182 valence electrons. The number of carbonyl (C=O) groups is 1. The Labute approximate surface area is 243 Å². The van der Waals surface area contributed by atoms with Crippen LogP contribution in [0.25, 0.3) is 0 Å². The minimum atomic E-state index is -0.367. The number of amides is 1. The molecule has 34 heavy (non-hydrogen) atoms. The molecule has 0 radical (unpaired) electrons. The quantitative estimate of drug-likeness (QED) is 0.303. The van der Waals surface area contributed by atoms with Crippen molar-refractivity contribution >= 4 is 40.7 Å². The molecular formula is C27H33Cl3N2OU. The van der Waals surface area contributed by atoms with Crippen LogP contribution in [0.15, 0.2) is 42.5 Å². The molecule has 1 aliphatic heterocycles. The molecule has 3 nitrogen and oxygen atoms in total. The normalized spacial score (nSPS) is 25.8. The summed E-state index contributed by atoms with van der Waals surface area (Å²) in [6.45, 7) is 7.22. The Hall–Kier alpha value is -0.208. The fourth-order valence-corrected chi connectivity index (χ4v) is 6.12. The van der Waals surface area contributed by atoms with Crippen LogP contribution in [0.5, 0.6) is 0 Å². The second kappa shape index (κ2) is 12.8. The van der Waals surface area contributed by atoms with Crippen molar-refractivity contribution in [1.29, 1.82) is 0 Å². The number of halogens is 3. The van der Waals surface area contributed by atoms with E-state index in [1.54, 1.807) is 0 Å². The molecule has 2 N–H and O–H groups in total. The first-order valence-corrected chi connectivity index (χ1v) is 12.5. The largest absolute Gasteiger partial charge is 2.00 e. The molecule has 2 aromatic rings. The molecule has 2 aliphatic rings. The van der Waals surface area contributed by atoms with Gasteiger partial charge in [-0.25, -0.2) is 6.54 Å². The Bertz CT molecular complexity index is 969. The van der Waals surface area contributed by atoms with E-state index < -0.39 is 0 Å². The molecule has 1 heterocycles. The summed E-state index contributed by atoms with van der Waals surface area (Å²) in [5.74, 6) is 1.24. The number of rotatable bonds is 6. The van der Waals surface area contributed by atoms with Gasteiger partial charge in [0.1, 0.15) is 0 Å². The number of carbonyl (C=O) groups excluding carboxylic acids is 1. The van der Waals surface area contributed by atoms with Gasteiger partial charge in [0, 0.05) is 21.5 Å². The van der Waals surface area contributed by atoms with Crippen LogP contribution in [0.3, 0.4) is 0 Å². The molecule has 1 amide bonds. The zero-order chi connectivity index (χ0) is 22.9. The van der Waals surface area contributed by atoms with Crippen molar-refractivity contribution in [2.45, 2.75) is 56.9 Å². The minimum absolute atomic E-state index is 0. The molecule has 2 aromatic carbocycles.